The minimum atomic E-state index is -0.961. The van der Waals surface area contributed by atoms with E-state index in [1.165, 1.54) is 11.8 Å². The summed E-state index contributed by atoms with van der Waals surface area (Å²) in [5.41, 5.74) is 5.19. The Hall–Kier alpha value is -0.130. The van der Waals surface area contributed by atoms with Crippen molar-refractivity contribution in [2.24, 2.45) is 5.73 Å². The predicted molar refractivity (Wildman–Crippen MR) is 46.6 cm³/mol. The molecule has 0 amide bonds. The van der Waals surface area contributed by atoms with Gasteiger partial charge in [-0.2, -0.15) is 11.8 Å². The summed E-state index contributed by atoms with van der Waals surface area (Å²) in [5, 5.41) is 9.86. The summed E-state index contributed by atoms with van der Waals surface area (Å²) in [6.45, 7) is 0. The predicted octanol–water partition coefficient (Wildman–Crippen LogP) is 0.131. The lowest BCUT2D eigenvalue weighted by molar-refractivity contribution is -0.137. The number of thiocarbonyl (C=S) groups is 1. The van der Waals surface area contributed by atoms with Crippen molar-refractivity contribution in [3.8, 4) is 0 Å². The molecule has 10 heavy (non-hydrogen) atoms. The second-order valence-electron chi connectivity index (χ2n) is 1.65. The van der Waals surface area contributed by atoms with Gasteiger partial charge < -0.3 is 10.8 Å². The first kappa shape index (κ1) is 9.87. The molecule has 0 aliphatic heterocycles. The van der Waals surface area contributed by atoms with Crippen LogP contribution in [0.25, 0.3) is 0 Å². The van der Waals surface area contributed by atoms with Gasteiger partial charge in [-0.3, -0.25) is 4.79 Å². The first-order valence-electron chi connectivity index (χ1n) is 2.68. The van der Waals surface area contributed by atoms with Gasteiger partial charge in [-0.05, 0) is 5.37 Å². The number of aliphatic carboxylic acids is 1. The third-order valence-electron chi connectivity index (χ3n) is 0.800. The summed E-state index contributed by atoms with van der Waals surface area (Å²) in [7, 11) is 0. The van der Waals surface area contributed by atoms with Crippen LogP contribution < -0.4 is 5.73 Å². The number of carboxylic acids is 1. The molecule has 0 aliphatic carbocycles. The van der Waals surface area contributed by atoms with Gasteiger partial charge >= 0.3 is 5.97 Å². The highest BCUT2D eigenvalue weighted by molar-refractivity contribution is 8.00. The highest BCUT2D eigenvalue weighted by Gasteiger charge is 2.09. The standard InChI is InChI=1S/C5H9NO2S2/c6-4(5(7)8)3-10-2-1-9/h1,4H,2-3,6H2,(H,7,8)/t4-/m0/s1. The maximum Gasteiger partial charge on any atom is 0.321 e. The zero-order chi connectivity index (χ0) is 7.98. The van der Waals surface area contributed by atoms with Crippen molar-refractivity contribution in [2.45, 2.75) is 6.04 Å². The van der Waals surface area contributed by atoms with Crippen LogP contribution >= 0.6 is 24.0 Å². The largest absolute Gasteiger partial charge is 0.480 e. The summed E-state index contributed by atoms with van der Waals surface area (Å²) >= 11 is 5.96. The van der Waals surface area contributed by atoms with Gasteiger partial charge in [0.05, 0.1) is 0 Å². The number of carboxylic acid groups (broad SMARTS) is 1. The van der Waals surface area contributed by atoms with Crippen LogP contribution in [0.3, 0.4) is 0 Å². The van der Waals surface area contributed by atoms with E-state index in [2.05, 4.69) is 12.2 Å². The molecular weight excluding hydrogens is 170 g/mol. The normalized spacial score (nSPS) is 12.5. The Balaban J connectivity index is 3.30. The van der Waals surface area contributed by atoms with Crippen molar-refractivity contribution in [3.05, 3.63) is 0 Å². The van der Waals surface area contributed by atoms with Crippen LogP contribution in [0, 0.1) is 0 Å². The Kier molecular flexibility index (Phi) is 5.57. The van der Waals surface area contributed by atoms with E-state index in [1.54, 1.807) is 5.37 Å². The number of rotatable bonds is 5. The fourth-order valence-electron chi connectivity index (χ4n) is 0.314. The van der Waals surface area contributed by atoms with Gasteiger partial charge in [0, 0.05) is 11.5 Å². The Bertz CT molecular complexity index is 129. The number of hydrogen-bond acceptors (Lipinski definition) is 4. The van der Waals surface area contributed by atoms with Crippen molar-refractivity contribution in [1.82, 2.24) is 0 Å². The first-order chi connectivity index (χ1) is 4.68. The van der Waals surface area contributed by atoms with E-state index < -0.39 is 12.0 Å². The lowest BCUT2D eigenvalue weighted by atomic mass is 10.4. The fraction of sp³-hybridized carbons (Fsp3) is 0.600. The second kappa shape index (κ2) is 5.64. The molecule has 0 radical (unpaired) electrons. The monoisotopic (exact) mass is 179 g/mol. The lowest BCUT2D eigenvalue weighted by Crippen LogP contribution is -2.32. The molecule has 0 spiro atoms. The molecule has 5 heteroatoms. The Morgan fingerprint density at radius 3 is 2.90 bits per heavy atom. The molecule has 0 saturated heterocycles. The van der Waals surface area contributed by atoms with Crippen molar-refractivity contribution in [3.63, 3.8) is 0 Å². The van der Waals surface area contributed by atoms with E-state index in [-0.39, 0.29) is 0 Å². The average Bonchev–Trinajstić information content (AvgIpc) is 1.88. The van der Waals surface area contributed by atoms with Crippen LogP contribution in [0.1, 0.15) is 0 Å². The van der Waals surface area contributed by atoms with Crippen LogP contribution in [0.15, 0.2) is 0 Å². The molecule has 58 valence electrons. The third-order valence-corrected chi connectivity index (χ3v) is 2.18. The summed E-state index contributed by atoms with van der Waals surface area (Å²) in [4.78, 5) is 10.1. The molecular formula is C5H9NO2S2. The minimum Gasteiger partial charge on any atom is -0.480 e. The van der Waals surface area contributed by atoms with Crippen LogP contribution in [0.2, 0.25) is 0 Å². The van der Waals surface area contributed by atoms with Crippen LogP contribution in [-0.4, -0.2) is 34.0 Å². The zero-order valence-electron chi connectivity index (χ0n) is 5.32. The van der Waals surface area contributed by atoms with Crippen molar-refractivity contribution in [2.75, 3.05) is 11.5 Å². The summed E-state index contributed by atoms with van der Waals surface area (Å²) in [6.07, 6.45) is 0. The number of carbonyl (C=O) groups is 1. The molecule has 3 N–H and O–H groups in total. The molecule has 0 rings (SSSR count). The van der Waals surface area contributed by atoms with Gasteiger partial charge in [-0.25, -0.2) is 0 Å². The molecule has 0 heterocycles. The third kappa shape index (κ3) is 4.72. The first-order valence-corrected chi connectivity index (χ1v) is 4.31. The van der Waals surface area contributed by atoms with Crippen LogP contribution in [0.4, 0.5) is 0 Å². The van der Waals surface area contributed by atoms with Crippen molar-refractivity contribution < 1.29 is 9.90 Å². The Morgan fingerprint density at radius 2 is 2.50 bits per heavy atom. The molecule has 0 aromatic rings. The molecule has 0 bridgehead atoms. The van der Waals surface area contributed by atoms with E-state index >= 15 is 0 Å². The molecule has 0 aromatic heterocycles. The topological polar surface area (TPSA) is 63.3 Å². The fourth-order valence-corrected chi connectivity index (χ4v) is 1.23. The summed E-state index contributed by atoms with van der Waals surface area (Å²) in [5.74, 6) is 0.135. The Morgan fingerprint density at radius 1 is 1.90 bits per heavy atom. The minimum absolute atomic E-state index is 0.419. The molecule has 0 fully saturated rings. The second-order valence-corrected chi connectivity index (χ2v) is 3.06. The number of hydrogen-bond donors (Lipinski definition) is 2. The van der Waals surface area contributed by atoms with Gasteiger partial charge in [-0.1, -0.05) is 12.2 Å². The summed E-state index contributed by atoms with van der Waals surface area (Å²) in [6, 6.07) is -0.764. The van der Waals surface area contributed by atoms with Gasteiger partial charge in [0.1, 0.15) is 6.04 Å². The quantitative estimate of drug-likeness (QED) is 0.464. The van der Waals surface area contributed by atoms with E-state index in [0.29, 0.717) is 11.5 Å². The maximum absolute atomic E-state index is 10.1. The van der Waals surface area contributed by atoms with Crippen LogP contribution in [0.5, 0.6) is 0 Å². The number of nitrogens with two attached hydrogens (primary N) is 1. The van der Waals surface area contributed by atoms with Crippen LogP contribution in [-0.2, 0) is 4.79 Å². The smallest absolute Gasteiger partial charge is 0.321 e. The highest BCUT2D eigenvalue weighted by atomic mass is 32.2. The van der Waals surface area contributed by atoms with Gasteiger partial charge in [0.2, 0.25) is 0 Å². The molecule has 1 atom stereocenters. The van der Waals surface area contributed by atoms with E-state index in [1.807, 2.05) is 0 Å². The van der Waals surface area contributed by atoms with Crippen molar-refractivity contribution in [1.29, 1.82) is 0 Å². The SMILES string of the molecule is N[C@@H](CSCC=S)C(=O)O. The molecule has 0 aromatic carbocycles. The molecule has 0 aliphatic rings. The molecule has 0 saturated carbocycles. The van der Waals surface area contributed by atoms with Crippen molar-refractivity contribution >= 4 is 35.3 Å². The maximum atomic E-state index is 10.1. The zero-order valence-corrected chi connectivity index (χ0v) is 6.95. The number of thioether (sulfide) groups is 1. The highest BCUT2D eigenvalue weighted by Crippen LogP contribution is 1.99. The average molecular weight is 179 g/mol. The van der Waals surface area contributed by atoms with Gasteiger partial charge in [0.15, 0.2) is 0 Å². The molecule has 0 unspecified atom stereocenters. The van der Waals surface area contributed by atoms with Gasteiger partial charge in [-0.15, -0.1) is 0 Å². The van der Waals surface area contributed by atoms with E-state index in [9.17, 15) is 4.79 Å². The van der Waals surface area contributed by atoms with E-state index in [0.717, 1.165) is 0 Å². The lowest BCUT2D eigenvalue weighted by Gasteiger charge is -2.02. The van der Waals surface area contributed by atoms with Gasteiger partial charge in [0.25, 0.3) is 0 Å². The Labute approximate surface area is 69.0 Å². The summed E-state index contributed by atoms with van der Waals surface area (Å²) < 4.78 is 0. The van der Waals surface area contributed by atoms with E-state index in [4.69, 9.17) is 10.8 Å². The molecule has 3 nitrogen and oxygen atoms in total.